The second-order valence-electron chi connectivity index (χ2n) is 11.7. The van der Waals surface area contributed by atoms with E-state index in [2.05, 4.69) is 111 Å². The van der Waals surface area contributed by atoms with Crippen molar-refractivity contribution in [1.82, 2.24) is 9.97 Å². The van der Waals surface area contributed by atoms with Crippen LogP contribution in [0.15, 0.2) is 105 Å². The molecule has 5 nitrogen and oxygen atoms in total. The lowest BCUT2D eigenvalue weighted by atomic mass is 9.87. The van der Waals surface area contributed by atoms with E-state index < -0.39 is 0 Å². The van der Waals surface area contributed by atoms with E-state index in [-0.39, 0.29) is 17.0 Å². The normalized spacial score (nSPS) is 24.5. The minimum absolute atomic E-state index is 0. The number of benzene rings is 2. The fraction of sp³-hybridized carbons (Fsp3) is 0.333. The molecule has 1 fully saturated rings. The number of rotatable bonds is 2. The van der Waals surface area contributed by atoms with Gasteiger partial charge in [0.2, 0.25) is 0 Å². The van der Waals surface area contributed by atoms with Gasteiger partial charge in [-0.1, -0.05) is 47.8 Å². The van der Waals surface area contributed by atoms with Crippen molar-refractivity contribution in [3.8, 4) is 0 Å². The average Bonchev–Trinajstić information content (AvgIpc) is 2.98. The van der Waals surface area contributed by atoms with Gasteiger partial charge in [-0.15, -0.1) is 0 Å². The van der Waals surface area contributed by atoms with Crippen molar-refractivity contribution < 1.29 is 21.5 Å². The first-order chi connectivity index (χ1) is 19.4. The highest BCUT2D eigenvalue weighted by Crippen LogP contribution is 2.52. The number of nitrogens with zero attached hydrogens (tertiary/aromatic N) is 5. The van der Waals surface area contributed by atoms with Crippen LogP contribution in [-0.4, -0.2) is 52.7 Å². The summed E-state index contributed by atoms with van der Waals surface area (Å²) in [6.45, 7) is 4.92. The number of likely N-dealkylation sites (tertiary alicyclic amines) is 1. The summed E-state index contributed by atoms with van der Waals surface area (Å²) < 4.78 is 0.914. The molecule has 3 aliphatic rings. The third-order valence-electron chi connectivity index (χ3n) is 9.52. The molecule has 5 heterocycles. The molecule has 0 aliphatic carbocycles. The molecule has 1 saturated heterocycles. The van der Waals surface area contributed by atoms with Crippen molar-refractivity contribution in [1.29, 1.82) is 0 Å². The van der Waals surface area contributed by atoms with Gasteiger partial charge in [0.05, 0.1) is 47.3 Å². The monoisotopic (exact) mass is 645 g/mol. The zero-order chi connectivity index (χ0) is 27.4. The third kappa shape index (κ3) is 4.77. The van der Waals surface area contributed by atoms with E-state index in [1.165, 1.54) is 31.0 Å². The Kier molecular flexibility index (Phi) is 7.87. The molecule has 7 rings (SSSR count). The van der Waals surface area contributed by atoms with Crippen LogP contribution >= 0.6 is 23.5 Å². The van der Waals surface area contributed by atoms with E-state index in [1.807, 2.05) is 35.9 Å². The molecule has 2 aromatic heterocycles. The van der Waals surface area contributed by atoms with E-state index in [1.54, 1.807) is 0 Å². The molecular weight excluding hydrogens is 610 g/mol. The van der Waals surface area contributed by atoms with Crippen molar-refractivity contribution in [2.45, 2.75) is 76.9 Å². The lowest BCUT2D eigenvalue weighted by Gasteiger charge is -2.53. The van der Waals surface area contributed by atoms with Gasteiger partial charge in [-0.05, 0) is 81.6 Å². The smallest absolute Gasteiger partial charge is 0.147 e. The first kappa shape index (κ1) is 28.6. The maximum absolute atomic E-state index is 4.95. The molecule has 0 N–H and O–H groups in total. The van der Waals surface area contributed by atoms with Gasteiger partial charge in [0.15, 0.2) is 0 Å². The van der Waals surface area contributed by atoms with Gasteiger partial charge in [-0.3, -0.25) is 0 Å². The van der Waals surface area contributed by atoms with Crippen LogP contribution in [-0.2, 0) is 0 Å². The van der Waals surface area contributed by atoms with Crippen LogP contribution in [0.5, 0.6) is 0 Å². The molecule has 0 bridgehead atoms. The average molecular weight is 647 g/mol. The Hall–Kier alpha value is -2.52. The lowest BCUT2D eigenvalue weighted by Crippen LogP contribution is -3.00. The Bertz CT molecular complexity index is 1360. The number of quaternary nitrogens is 1. The maximum Gasteiger partial charge on any atom is 0.147 e. The molecule has 41 heavy (non-hydrogen) atoms. The second kappa shape index (κ2) is 11.3. The topological polar surface area (TPSA) is 32.3 Å². The van der Waals surface area contributed by atoms with Gasteiger partial charge >= 0.3 is 0 Å². The molecule has 2 aromatic carbocycles. The highest BCUT2D eigenvalue weighted by Gasteiger charge is 2.48. The largest absolute Gasteiger partial charge is 1.00 e. The van der Waals surface area contributed by atoms with Crippen LogP contribution in [0, 0.1) is 0 Å². The molecule has 0 amide bonds. The van der Waals surface area contributed by atoms with Crippen molar-refractivity contribution in [3.63, 3.8) is 0 Å². The number of fused-ring (bicyclic) bond motifs is 4. The maximum atomic E-state index is 4.95. The van der Waals surface area contributed by atoms with Gasteiger partial charge in [0.1, 0.15) is 23.7 Å². The number of halogens is 1. The molecule has 4 aromatic rings. The fourth-order valence-electron chi connectivity index (χ4n) is 6.87. The summed E-state index contributed by atoms with van der Waals surface area (Å²) in [5.41, 5.74) is 2.58. The Balaban J connectivity index is 0.00000302. The summed E-state index contributed by atoms with van der Waals surface area (Å²) in [6, 6.07) is 27.7. The van der Waals surface area contributed by atoms with Crippen molar-refractivity contribution >= 4 is 46.5 Å². The molecule has 0 spiro atoms. The van der Waals surface area contributed by atoms with E-state index in [0.29, 0.717) is 24.2 Å². The van der Waals surface area contributed by atoms with Crippen molar-refractivity contribution in [3.05, 3.63) is 85.2 Å². The molecule has 0 radical (unpaired) electrons. The zero-order valence-corrected chi connectivity index (χ0v) is 27.2. The molecule has 3 aliphatic heterocycles. The van der Waals surface area contributed by atoms with Gasteiger partial charge in [-0.25, -0.2) is 9.97 Å². The molecule has 212 valence electrons. The van der Waals surface area contributed by atoms with E-state index in [4.69, 9.17) is 9.97 Å². The summed E-state index contributed by atoms with van der Waals surface area (Å²) in [4.78, 5) is 20.2. The number of pyridine rings is 2. The summed E-state index contributed by atoms with van der Waals surface area (Å²) in [6.07, 6.45) is 7.26. The van der Waals surface area contributed by atoms with E-state index in [9.17, 15) is 0 Å². The van der Waals surface area contributed by atoms with Crippen LogP contribution in [0.4, 0.5) is 23.0 Å². The number of aromatic nitrogens is 2. The predicted octanol–water partition coefficient (Wildman–Crippen LogP) is 5.16. The Labute approximate surface area is 262 Å². The first-order valence-corrected chi connectivity index (χ1v) is 15.9. The van der Waals surface area contributed by atoms with Crippen LogP contribution in [0.1, 0.15) is 33.1 Å². The summed E-state index contributed by atoms with van der Waals surface area (Å²) >= 11 is 3.69. The van der Waals surface area contributed by atoms with Crippen LogP contribution < -0.4 is 26.8 Å². The third-order valence-corrected chi connectivity index (χ3v) is 11.7. The molecular formula is C33H36BrN5S2. The fourth-order valence-corrected chi connectivity index (χ4v) is 8.96. The van der Waals surface area contributed by atoms with E-state index >= 15 is 0 Å². The van der Waals surface area contributed by atoms with Crippen molar-refractivity contribution in [2.75, 3.05) is 23.9 Å². The predicted molar refractivity (Wildman–Crippen MR) is 166 cm³/mol. The summed E-state index contributed by atoms with van der Waals surface area (Å²) in [5.74, 6) is 2.21. The van der Waals surface area contributed by atoms with Gasteiger partial charge in [0.25, 0.3) is 0 Å². The van der Waals surface area contributed by atoms with Crippen LogP contribution in [0.25, 0.3) is 0 Å². The lowest BCUT2D eigenvalue weighted by molar-refractivity contribution is -0.937. The quantitative estimate of drug-likeness (QED) is 0.280. The molecule has 0 saturated carbocycles. The number of hydrogen-bond acceptors (Lipinski definition) is 6. The summed E-state index contributed by atoms with van der Waals surface area (Å²) in [5, 5.41) is 0. The highest BCUT2D eigenvalue weighted by atomic mass is 79.9. The number of likely N-dealkylation sites (N-methyl/N-ethyl adjacent to an activating group) is 1. The Morgan fingerprint density at radius 1 is 0.634 bits per heavy atom. The molecule has 8 heteroatoms. The van der Waals surface area contributed by atoms with Crippen molar-refractivity contribution in [2.24, 2.45) is 0 Å². The van der Waals surface area contributed by atoms with Gasteiger partial charge in [-0.2, -0.15) is 0 Å². The SMILES string of the molecule is CC1C(N2c3ccccc3Sc3cccnc32)CCCC(N2c3ccccc3Sc3cccnc32)C(C)[N+]1(C)C.[Br-]. The second-order valence-corrected chi connectivity index (χ2v) is 13.9. The summed E-state index contributed by atoms with van der Waals surface area (Å²) in [7, 11) is 4.88. The van der Waals surface area contributed by atoms with E-state index in [0.717, 1.165) is 35.4 Å². The van der Waals surface area contributed by atoms with Crippen LogP contribution in [0.3, 0.4) is 0 Å². The Morgan fingerprint density at radius 2 is 1.05 bits per heavy atom. The molecule has 4 unspecified atom stereocenters. The first-order valence-electron chi connectivity index (χ1n) is 14.3. The minimum Gasteiger partial charge on any atom is -1.00 e. The highest BCUT2D eigenvalue weighted by molar-refractivity contribution is 8.00. The number of anilines is 4. The van der Waals surface area contributed by atoms with Gasteiger partial charge in [0, 0.05) is 22.2 Å². The molecule has 4 atom stereocenters. The number of hydrogen-bond donors (Lipinski definition) is 0. The standard InChI is InChI=1S/C33H36N5S2.BrH/c1-22-24(36-26-12-5-7-16-28(26)39-30-18-10-20-34-32(30)36)14-9-15-25(23(2)38(22,3)4)37-27-13-6-8-17-29(27)40-31-19-11-21-35-33(31)37;/h5-8,10-13,16-25H,9,14-15H2,1-4H3;1H/q+1;/p-1. The Morgan fingerprint density at radius 3 is 1.51 bits per heavy atom. The van der Waals surface area contributed by atoms with Crippen LogP contribution in [0.2, 0.25) is 0 Å². The van der Waals surface area contributed by atoms with Gasteiger partial charge < -0.3 is 31.3 Å². The zero-order valence-electron chi connectivity index (χ0n) is 23.9. The number of para-hydroxylation sites is 2. The minimum atomic E-state index is 0.